The van der Waals surface area contributed by atoms with Gasteiger partial charge in [-0.3, -0.25) is 4.79 Å². The lowest BCUT2D eigenvalue weighted by molar-refractivity contribution is 0.0729. The SMILES string of the molecule is O=c1cc(-c2ccc(Nc3ccc(S(=O)(=O)N4CCOCC4)nc3)c3ncnn23)cc[nH]1. The highest BCUT2D eigenvalue weighted by Gasteiger charge is 2.27. The second-order valence-electron chi connectivity index (χ2n) is 7.10. The third-order valence-corrected chi connectivity index (χ3v) is 6.90. The number of nitrogens with one attached hydrogen (secondary N) is 2. The van der Waals surface area contributed by atoms with Gasteiger partial charge >= 0.3 is 0 Å². The van der Waals surface area contributed by atoms with Crippen LogP contribution in [-0.2, 0) is 14.8 Å². The summed E-state index contributed by atoms with van der Waals surface area (Å²) in [7, 11) is -3.66. The van der Waals surface area contributed by atoms with Crippen molar-refractivity contribution in [2.75, 3.05) is 31.6 Å². The minimum Gasteiger partial charge on any atom is -0.379 e. The van der Waals surface area contributed by atoms with Crippen molar-refractivity contribution in [2.24, 2.45) is 0 Å². The molecule has 0 saturated carbocycles. The zero-order valence-corrected chi connectivity index (χ0v) is 17.6. The predicted molar refractivity (Wildman–Crippen MR) is 116 cm³/mol. The lowest BCUT2D eigenvalue weighted by atomic mass is 10.1. The standard InChI is InChI=1S/C20H19N7O4S/c28-18-11-14(5-6-21-18)17-3-2-16(20-23-13-24-27(17)20)25-15-1-4-19(22-12-15)32(29,30)26-7-9-31-10-8-26/h1-6,11-13,25H,7-10H2,(H,21,28). The quantitative estimate of drug-likeness (QED) is 0.461. The van der Waals surface area contributed by atoms with Gasteiger partial charge in [0.25, 0.3) is 10.0 Å². The Bertz CT molecular complexity index is 1420. The van der Waals surface area contributed by atoms with Crippen LogP contribution in [0, 0.1) is 0 Å². The maximum atomic E-state index is 12.7. The van der Waals surface area contributed by atoms with E-state index in [2.05, 4.69) is 25.4 Å². The third-order valence-electron chi connectivity index (χ3n) is 5.09. The zero-order chi connectivity index (χ0) is 22.1. The molecule has 1 saturated heterocycles. The van der Waals surface area contributed by atoms with E-state index in [1.165, 1.54) is 29.0 Å². The summed E-state index contributed by atoms with van der Waals surface area (Å²) in [5.41, 5.74) is 3.00. The van der Waals surface area contributed by atoms with E-state index in [1.54, 1.807) is 22.8 Å². The molecule has 0 unspecified atom stereocenters. The predicted octanol–water partition coefficient (Wildman–Crippen LogP) is 1.24. The number of anilines is 2. The molecular formula is C20H19N7O4S. The van der Waals surface area contributed by atoms with Crippen molar-refractivity contribution >= 4 is 27.0 Å². The number of sulfonamides is 1. The summed E-state index contributed by atoms with van der Waals surface area (Å²) in [4.78, 5) is 22.7. The Hall–Kier alpha value is -3.61. The van der Waals surface area contributed by atoms with Crippen LogP contribution in [0.4, 0.5) is 11.4 Å². The summed E-state index contributed by atoms with van der Waals surface area (Å²) >= 11 is 0. The normalized spacial score (nSPS) is 15.1. The Morgan fingerprint density at radius 2 is 1.91 bits per heavy atom. The van der Waals surface area contributed by atoms with Crippen molar-refractivity contribution in [3.8, 4) is 11.3 Å². The summed E-state index contributed by atoms with van der Waals surface area (Å²) < 4.78 is 33.7. The van der Waals surface area contributed by atoms with Gasteiger partial charge in [-0.05, 0) is 30.3 Å². The number of hydrogen-bond donors (Lipinski definition) is 2. The number of ether oxygens (including phenoxy) is 1. The van der Waals surface area contributed by atoms with Crippen molar-refractivity contribution in [1.29, 1.82) is 0 Å². The molecule has 0 aromatic carbocycles. The molecule has 1 aliphatic rings. The molecule has 0 aliphatic carbocycles. The molecule has 0 bridgehead atoms. The fraction of sp³-hybridized carbons (Fsp3) is 0.200. The van der Waals surface area contributed by atoms with Crippen molar-refractivity contribution in [3.63, 3.8) is 0 Å². The van der Waals surface area contributed by atoms with Crippen LogP contribution in [0.15, 0.2) is 64.9 Å². The first-order valence-electron chi connectivity index (χ1n) is 9.85. The summed E-state index contributed by atoms with van der Waals surface area (Å²) in [6.45, 7) is 1.38. The molecule has 2 N–H and O–H groups in total. The summed E-state index contributed by atoms with van der Waals surface area (Å²) in [5.74, 6) is 0. The fourth-order valence-electron chi connectivity index (χ4n) is 3.51. The van der Waals surface area contributed by atoms with E-state index in [4.69, 9.17) is 4.74 Å². The van der Waals surface area contributed by atoms with E-state index in [1.807, 2.05) is 12.1 Å². The molecule has 1 aliphatic heterocycles. The number of rotatable bonds is 5. The zero-order valence-electron chi connectivity index (χ0n) is 16.8. The van der Waals surface area contributed by atoms with Gasteiger partial charge in [0.1, 0.15) is 6.33 Å². The van der Waals surface area contributed by atoms with Gasteiger partial charge in [0, 0.05) is 30.9 Å². The molecule has 4 aromatic rings. The lowest BCUT2D eigenvalue weighted by Gasteiger charge is -2.25. The molecule has 5 rings (SSSR count). The van der Waals surface area contributed by atoms with Crippen molar-refractivity contribution in [1.82, 2.24) is 28.9 Å². The van der Waals surface area contributed by atoms with E-state index in [9.17, 15) is 13.2 Å². The Labute approximate surface area is 182 Å². The number of pyridine rings is 3. The number of fused-ring (bicyclic) bond motifs is 1. The number of aromatic amines is 1. The van der Waals surface area contributed by atoms with Gasteiger partial charge in [-0.15, -0.1) is 0 Å². The molecule has 32 heavy (non-hydrogen) atoms. The smallest absolute Gasteiger partial charge is 0.260 e. The molecule has 12 heteroatoms. The first-order chi connectivity index (χ1) is 15.5. The Morgan fingerprint density at radius 1 is 1.06 bits per heavy atom. The molecule has 164 valence electrons. The maximum absolute atomic E-state index is 12.7. The number of nitrogens with zero attached hydrogens (tertiary/aromatic N) is 5. The van der Waals surface area contributed by atoms with Gasteiger partial charge in [0.05, 0.1) is 36.5 Å². The second kappa shape index (κ2) is 8.15. The molecule has 5 heterocycles. The minimum absolute atomic E-state index is 0.0118. The number of H-pyrrole nitrogens is 1. The van der Waals surface area contributed by atoms with Gasteiger partial charge in [-0.2, -0.15) is 9.40 Å². The third kappa shape index (κ3) is 3.75. The van der Waals surface area contributed by atoms with Crippen LogP contribution in [0.1, 0.15) is 0 Å². The van der Waals surface area contributed by atoms with Crippen LogP contribution >= 0.6 is 0 Å². The minimum atomic E-state index is -3.66. The van der Waals surface area contributed by atoms with Gasteiger partial charge < -0.3 is 15.0 Å². The van der Waals surface area contributed by atoms with Crippen molar-refractivity contribution < 1.29 is 13.2 Å². The van der Waals surface area contributed by atoms with Gasteiger partial charge in [-0.25, -0.2) is 22.9 Å². The van der Waals surface area contributed by atoms with Crippen LogP contribution in [-0.4, -0.2) is 63.6 Å². The molecule has 0 spiro atoms. The van der Waals surface area contributed by atoms with Crippen LogP contribution in [0.3, 0.4) is 0 Å². The molecule has 1 fully saturated rings. The van der Waals surface area contributed by atoms with E-state index in [-0.39, 0.29) is 10.6 Å². The summed E-state index contributed by atoms with van der Waals surface area (Å²) in [6.07, 6.45) is 4.46. The van der Waals surface area contributed by atoms with Crippen LogP contribution in [0.2, 0.25) is 0 Å². The fourth-order valence-corrected chi connectivity index (χ4v) is 4.83. The topological polar surface area (TPSA) is 135 Å². The van der Waals surface area contributed by atoms with E-state index in [0.29, 0.717) is 54.6 Å². The van der Waals surface area contributed by atoms with Crippen molar-refractivity contribution in [3.05, 3.63) is 65.5 Å². The van der Waals surface area contributed by atoms with E-state index in [0.717, 1.165) is 0 Å². The molecule has 0 radical (unpaired) electrons. The van der Waals surface area contributed by atoms with Crippen LogP contribution < -0.4 is 10.9 Å². The average Bonchev–Trinajstić information content (AvgIpc) is 3.31. The lowest BCUT2D eigenvalue weighted by Crippen LogP contribution is -2.40. The van der Waals surface area contributed by atoms with E-state index < -0.39 is 10.0 Å². The number of morpholine rings is 1. The van der Waals surface area contributed by atoms with E-state index >= 15 is 0 Å². The maximum Gasteiger partial charge on any atom is 0.260 e. The molecule has 4 aromatic heterocycles. The van der Waals surface area contributed by atoms with Gasteiger partial charge in [0.2, 0.25) is 5.56 Å². The largest absolute Gasteiger partial charge is 0.379 e. The first-order valence-corrected chi connectivity index (χ1v) is 11.3. The van der Waals surface area contributed by atoms with Gasteiger partial charge in [0.15, 0.2) is 10.7 Å². The Kier molecular flexibility index (Phi) is 5.17. The molecule has 11 nitrogen and oxygen atoms in total. The highest BCUT2D eigenvalue weighted by molar-refractivity contribution is 7.89. The highest BCUT2D eigenvalue weighted by atomic mass is 32.2. The van der Waals surface area contributed by atoms with Crippen LogP contribution in [0.25, 0.3) is 16.9 Å². The van der Waals surface area contributed by atoms with Gasteiger partial charge in [-0.1, -0.05) is 0 Å². The number of aromatic nitrogens is 5. The monoisotopic (exact) mass is 453 g/mol. The summed E-state index contributed by atoms with van der Waals surface area (Å²) in [6, 6.07) is 10.0. The van der Waals surface area contributed by atoms with Crippen molar-refractivity contribution in [2.45, 2.75) is 5.03 Å². The highest BCUT2D eigenvalue weighted by Crippen LogP contribution is 2.26. The molecule has 0 atom stereocenters. The molecular weight excluding hydrogens is 434 g/mol. The molecule has 0 amide bonds. The first kappa shape index (κ1) is 20.3. The second-order valence-corrected chi connectivity index (χ2v) is 8.98. The Balaban J connectivity index is 1.42. The number of hydrogen-bond acceptors (Lipinski definition) is 8. The van der Waals surface area contributed by atoms with Crippen LogP contribution in [0.5, 0.6) is 0 Å². The summed E-state index contributed by atoms with van der Waals surface area (Å²) in [5, 5.41) is 7.46. The Morgan fingerprint density at radius 3 is 2.66 bits per heavy atom. The average molecular weight is 453 g/mol.